The van der Waals surface area contributed by atoms with E-state index in [0.717, 1.165) is 6.42 Å². The van der Waals surface area contributed by atoms with E-state index >= 15 is 0 Å². The Morgan fingerprint density at radius 1 is 1.35 bits per heavy atom. The van der Waals surface area contributed by atoms with Gasteiger partial charge in [-0.2, -0.15) is 0 Å². The van der Waals surface area contributed by atoms with Crippen molar-refractivity contribution in [3.05, 3.63) is 0 Å². The highest BCUT2D eigenvalue weighted by Gasteiger charge is 2.28. The van der Waals surface area contributed by atoms with Gasteiger partial charge in [0.1, 0.15) is 0 Å². The molecular formula is C13H22N2O5. The SMILES string of the molecule is COC(=O)CCN(C)C(=O)N1CCC(CCC(=O)O)C1. The molecule has 0 bridgehead atoms. The largest absolute Gasteiger partial charge is 0.481 e. The summed E-state index contributed by atoms with van der Waals surface area (Å²) < 4.78 is 4.53. The first-order valence-corrected chi connectivity index (χ1v) is 6.72. The number of esters is 1. The fourth-order valence-electron chi connectivity index (χ4n) is 2.27. The van der Waals surface area contributed by atoms with Crippen LogP contribution in [-0.4, -0.2) is 66.7 Å². The second-order valence-electron chi connectivity index (χ2n) is 5.06. The highest BCUT2D eigenvalue weighted by Crippen LogP contribution is 2.21. The smallest absolute Gasteiger partial charge is 0.319 e. The maximum atomic E-state index is 12.1. The van der Waals surface area contributed by atoms with Gasteiger partial charge in [0, 0.05) is 33.1 Å². The van der Waals surface area contributed by atoms with Crippen molar-refractivity contribution in [1.29, 1.82) is 0 Å². The summed E-state index contributed by atoms with van der Waals surface area (Å²) in [6.07, 6.45) is 1.76. The molecule has 1 unspecified atom stereocenters. The summed E-state index contributed by atoms with van der Waals surface area (Å²) >= 11 is 0. The molecule has 1 aliphatic rings. The van der Waals surface area contributed by atoms with Crippen LogP contribution in [0.15, 0.2) is 0 Å². The summed E-state index contributed by atoms with van der Waals surface area (Å²) in [6.45, 7) is 1.56. The number of carbonyl (C=O) groups excluding carboxylic acids is 2. The molecule has 0 aliphatic carbocycles. The van der Waals surface area contributed by atoms with Gasteiger partial charge in [-0.1, -0.05) is 0 Å². The Morgan fingerprint density at radius 3 is 2.65 bits per heavy atom. The van der Waals surface area contributed by atoms with Crippen LogP contribution in [-0.2, 0) is 14.3 Å². The Kier molecular flexibility index (Phi) is 6.27. The fourth-order valence-corrected chi connectivity index (χ4v) is 2.27. The number of urea groups is 1. The number of amides is 2. The van der Waals surface area contributed by atoms with Gasteiger partial charge >= 0.3 is 18.0 Å². The predicted molar refractivity (Wildman–Crippen MR) is 71.2 cm³/mol. The number of carboxylic acids is 1. The highest BCUT2D eigenvalue weighted by atomic mass is 16.5. The number of carbonyl (C=O) groups is 3. The van der Waals surface area contributed by atoms with E-state index in [9.17, 15) is 14.4 Å². The molecule has 0 saturated carbocycles. The molecule has 7 nitrogen and oxygen atoms in total. The van der Waals surface area contributed by atoms with Crippen LogP contribution in [0.3, 0.4) is 0 Å². The lowest BCUT2D eigenvalue weighted by molar-refractivity contribution is -0.141. The van der Waals surface area contributed by atoms with Crippen molar-refractivity contribution >= 4 is 18.0 Å². The van der Waals surface area contributed by atoms with Gasteiger partial charge in [-0.05, 0) is 18.8 Å². The van der Waals surface area contributed by atoms with Crippen molar-refractivity contribution in [2.45, 2.75) is 25.7 Å². The Hall–Kier alpha value is -1.79. The normalized spacial score (nSPS) is 17.9. The lowest BCUT2D eigenvalue weighted by Crippen LogP contribution is -2.40. The van der Waals surface area contributed by atoms with Gasteiger partial charge in [-0.3, -0.25) is 9.59 Å². The molecule has 1 aliphatic heterocycles. The monoisotopic (exact) mass is 286 g/mol. The number of likely N-dealkylation sites (tertiary alicyclic amines) is 1. The molecule has 1 atom stereocenters. The number of aliphatic carboxylic acids is 1. The molecule has 1 N–H and O–H groups in total. The number of hydrogen-bond acceptors (Lipinski definition) is 4. The van der Waals surface area contributed by atoms with Crippen LogP contribution in [0.25, 0.3) is 0 Å². The summed E-state index contributed by atoms with van der Waals surface area (Å²) in [4.78, 5) is 36.9. The lowest BCUT2D eigenvalue weighted by Gasteiger charge is -2.24. The van der Waals surface area contributed by atoms with Crippen molar-refractivity contribution in [1.82, 2.24) is 9.80 Å². The quantitative estimate of drug-likeness (QED) is 0.729. The van der Waals surface area contributed by atoms with Gasteiger partial charge in [0.25, 0.3) is 0 Å². The topological polar surface area (TPSA) is 87.2 Å². The summed E-state index contributed by atoms with van der Waals surface area (Å²) in [5.74, 6) is -0.889. The van der Waals surface area contributed by atoms with Crippen LogP contribution in [0.5, 0.6) is 0 Å². The van der Waals surface area contributed by atoms with Gasteiger partial charge in [-0.25, -0.2) is 4.79 Å². The minimum Gasteiger partial charge on any atom is -0.481 e. The minimum absolute atomic E-state index is 0.119. The molecule has 0 radical (unpaired) electrons. The van der Waals surface area contributed by atoms with E-state index in [1.807, 2.05) is 0 Å². The van der Waals surface area contributed by atoms with E-state index in [1.54, 1.807) is 11.9 Å². The Morgan fingerprint density at radius 2 is 2.05 bits per heavy atom. The van der Waals surface area contributed by atoms with Gasteiger partial charge in [0.05, 0.1) is 13.5 Å². The second-order valence-corrected chi connectivity index (χ2v) is 5.06. The molecule has 1 fully saturated rings. The van der Waals surface area contributed by atoms with Crippen LogP contribution in [0, 0.1) is 5.92 Å². The van der Waals surface area contributed by atoms with Crippen molar-refractivity contribution < 1.29 is 24.2 Å². The Balaban J connectivity index is 2.33. The molecule has 1 heterocycles. The van der Waals surface area contributed by atoms with E-state index in [1.165, 1.54) is 12.0 Å². The summed E-state index contributed by atoms with van der Waals surface area (Å²) in [7, 11) is 2.97. The molecular weight excluding hydrogens is 264 g/mol. The Labute approximate surface area is 118 Å². The van der Waals surface area contributed by atoms with Gasteiger partial charge < -0.3 is 19.6 Å². The lowest BCUT2D eigenvalue weighted by atomic mass is 10.0. The zero-order valence-corrected chi connectivity index (χ0v) is 12.0. The highest BCUT2D eigenvalue weighted by molar-refractivity contribution is 5.76. The number of hydrogen-bond donors (Lipinski definition) is 1. The zero-order chi connectivity index (χ0) is 15.1. The minimum atomic E-state index is -0.801. The predicted octanol–water partition coefficient (Wildman–Crippen LogP) is 0.788. The molecule has 0 aromatic rings. The number of ether oxygens (including phenoxy) is 1. The third kappa shape index (κ3) is 5.07. The van der Waals surface area contributed by atoms with Gasteiger partial charge in [0.2, 0.25) is 0 Å². The van der Waals surface area contributed by atoms with Crippen LogP contribution in [0.1, 0.15) is 25.7 Å². The number of nitrogens with zero attached hydrogens (tertiary/aromatic N) is 2. The number of rotatable bonds is 6. The van der Waals surface area contributed by atoms with Crippen LogP contribution >= 0.6 is 0 Å². The molecule has 7 heteroatoms. The molecule has 0 aromatic carbocycles. The maximum absolute atomic E-state index is 12.1. The fraction of sp³-hybridized carbons (Fsp3) is 0.769. The molecule has 0 aromatic heterocycles. The Bertz CT molecular complexity index is 372. The van der Waals surface area contributed by atoms with Crippen molar-refractivity contribution in [2.75, 3.05) is 33.8 Å². The third-order valence-corrected chi connectivity index (χ3v) is 3.53. The first-order valence-electron chi connectivity index (χ1n) is 6.72. The molecule has 1 rings (SSSR count). The van der Waals surface area contributed by atoms with E-state index in [0.29, 0.717) is 26.1 Å². The molecule has 0 spiro atoms. The summed E-state index contributed by atoms with van der Waals surface area (Å²) in [5, 5.41) is 8.65. The maximum Gasteiger partial charge on any atom is 0.319 e. The summed E-state index contributed by atoms with van der Waals surface area (Å²) in [5.41, 5.74) is 0. The van der Waals surface area contributed by atoms with E-state index in [4.69, 9.17) is 5.11 Å². The molecule has 2 amide bonds. The van der Waals surface area contributed by atoms with Gasteiger partial charge in [0.15, 0.2) is 0 Å². The summed E-state index contributed by atoms with van der Waals surface area (Å²) in [6, 6.07) is -0.119. The van der Waals surface area contributed by atoms with E-state index in [-0.39, 0.29) is 30.8 Å². The molecule has 20 heavy (non-hydrogen) atoms. The first-order chi connectivity index (χ1) is 9.43. The van der Waals surface area contributed by atoms with Crippen LogP contribution < -0.4 is 0 Å². The van der Waals surface area contributed by atoms with E-state index < -0.39 is 5.97 Å². The third-order valence-electron chi connectivity index (χ3n) is 3.53. The molecule has 114 valence electrons. The van der Waals surface area contributed by atoms with E-state index in [2.05, 4.69) is 4.74 Å². The molecule has 1 saturated heterocycles. The zero-order valence-electron chi connectivity index (χ0n) is 12.0. The van der Waals surface area contributed by atoms with Gasteiger partial charge in [-0.15, -0.1) is 0 Å². The van der Waals surface area contributed by atoms with Crippen molar-refractivity contribution in [2.24, 2.45) is 5.92 Å². The number of carboxylic acid groups (broad SMARTS) is 1. The second kappa shape index (κ2) is 7.72. The van der Waals surface area contributed by atoms with Crippen molar-refractivity contribution in [3.63, 3.8) is 0 Å². The standard InChI is InChI=1S/C13H22N2O5/c1-14(7-6-12(18)20-2)13(19)15-8-5-10(9-15)3-4-11(16)17/h10H,3-9H2,1-2H3,(H,16,17). The van der Waals surface area contributed by atoms with Crippen LogP contribution in [0.4, 0.5) is 4.79 Å². The van der Waals surface area contributed by atoms with Crippen molar-refractivity contribution in [3.8, 4) is 0 Å². The average molecular weight is 286 g/mol. The number of methoxy groups -OCH3 is 1. The first kappa shape index (κ1) is 16.3. The van der Waals surface area contributed by atoms with Crippen LogP contribution in [0.2, 0.25) is 0 Å². The average Bonchev–Trinajstić information content (AvgIpc) is 2.89.